The number of hydrogen-bond donors (Lipinski definition) is 1. The van der Waals surface area contributed by atoms with E-state index < -0.39 is 45.7 Å². The second-order valence-electron chi connectivity index (χ2n) is 7.98. The number of ether oxygens (including phenoxy) is 2. The molecule has 0 aromatic carbocycles. The number of hydrogen-bond acceptors (Lipinski definition) is 7. The minimum atomic E-state index is -3.77. The molecule has 0 radical (unpaired) electrons. The van der Waals surface area contributed by atoms with Crippen LogP contribution in [0, 0.1) is 0 Å². The summed E-state index contributed by atoms with van der Waals surface area (Å²) < 4.78 is 38.3. The van der Waals surface area contributed by atoms with E-state index in [1.54, 1.807) is 41.5 Å². The van der Waals surface area contributed by atoms with Crippen LogP contribution in [0.5, 0.6) is 0 Å². The van der Waals surface area contributed by atoms with Gasteiger partial charge in [0.1, 0.15) is 17.3 Å². The summed E-state index contributed by atoms with van der Waals surface area (Å²) in [4.78, 5) is 25.4. The first-order valence-electron chi connectivity index (χ1n) is 7.91. The molecule has 1 aliphatic heterocycles. The second-order valence-corrected chi connectivity index (χ2v) is 9.58. The molecule has 0 spiro atoms. The Balaban J connectivity index is 2.84. The SMILES string of the molecule is CC(C)(C)OC(=O)N[C@@H]1CN(C(=O)OC(C)(C)C)C[C@H]1OS(C)(=O)=O. The van der Waals surface area contributed by atoms with Gasteiger partial charge in [-0.2, -0.15) is 8.42 Å². The molecule has 1 aliphatic rings. The minimum Gasteiger partial charge on any atom is -0.444 e. The summed E-state index contributed by atoms with van der Waals surface area (Å²) in [6.07, 6.45) is -1.34. The van der Waals surface area contributed by atoms with Crippen molar-refractivity contribution in [1.29, 1.82) is 0 Å². The van der Waals surface area contributed by atoms with Gasteiger partial charge in [0.2, 0.25) is 0 Å². The van der Waals surface area contributed by atoms with Crippen LogP contribution in [0.25, 0.3) is 0 Å². The Morgan fingerprint density at radius 2 is 1.52 bits per heavy atom. The Morgan fingerprint density at radius 3 is 1.96 bits per heavy atom. The molecule has 1 saturated heterocycles. The summed E-state index contributed by atoms with van der Waals surface area (Å²) in [5.41, 5.74) is -1.40. The first-order valence-corrected chi connectivity index (χ1v) is 9.73. The summed E-state index contributed by atoms with van der Waals surface area (Å²) in [7, 11) is -3.77. The maximum Gasteiger partial charge on any atom is 0.410 e. The third kappa shape index (κ3) is 8.39. The Bertz CT molecular complexity index is 604. The van der Waals surface area contributed by atoms with E-state index in [0.29, 0.717) is 0 Å². The molecule has 1 fully saturated rings. The van der Waals surface area contributed by atoms with Gasteiger partial charge in [-0.1, -0.05) is 0 Å². The monoisotopic (exact) mass is 380 g/mol. The summed E-state index contributed by atoms with van der Waals surface area (Å²) in [5, 5.41) is 2.56. The van der Waals surface area contributed by atoms with Crippen LogP contribution in [0.4, 0.5) is 9.59 Å². The predicted molar refractivity (Wildman–Crippen MR) is 90.7 cm³/mol. The van der Waals surface area contributed by atoms with E-state index in [9.17, 15) is 18.0 Å². The Hall–Kier alpha value is -1.55. The molecule has 2 atom stereocenters. The summed E-state index contributed by atoms with van der Waals surface area (Å²) in [6.45, 7) is 10.3. The van der Waals surface area contributed by atoms with Crippen molar-refractivity contribution in [3.8, 4) is 0 Å². The van der Waals surface area contributed by atoms with Crippen molar-refractivity contribution in [3.05, 3.63) is 0 Å². The second kappa shape index (κ2) is 7.36. The molecule has 9 nitrogen and oxygen atoms in total. The number of carbonyl (C=O) groups is 2. The normalized spacial score (nSPS) is 21.8. The number of likely N-dealkylation sites (tertiary alicyclic amines) is 1. The van der Waals surface area contributed by atoms with Crippen LogP contribution in [-0.4, -0.2) is 68.2 Å². The van der Waals surface area contributed by atoms with Crippen molar-refractivity contribution >= 4 is 22.3 Å². The number of rotatable bonds is 3. The fourth-order valence-corrected chi connectivity index (χ4v) is 2.81. The Morgan fingerprint density at radius 1 is 1.00 bits per heavy atom. The standard InChI is InChI=1S/C15H28N2O7S/c1-14(2,3)22-12(18)16-10-8-17(13(19)23-15(4,5)6)9-11(10)24-25(7,20)21/h10-11H,8-9H2,1-7H3,(H,16,18)/t10-,11-/m1/s1. The number of nitrogens with zero attached hydrogens (tertiary/aromatic N) is 1. The van der Waals surface area contributed by atoms with Crippen LogP contribution in [-0.2, 0) is 23.8 Å². The molecule has 0 aromatic heterocycles. The highest BCUT2D eigenvalue weighted by molar-refractivity contribution is 7.86. The van der Waals surface area contributed by atoms with Gasteiger partial charge in [-0.25, -0.2) is 9.59 Å². The molecule has 25 heavy (non-hydrogen) atoms. The van der Waals surface area contributed by atoms with Crippen LogP contribution in [0.2, 0.25) is 0 Å². The maximum atomic E-state index is 12.2. The van der Waals surface area contributed by atoms with Crippen molar-refractivity contribution in [2.75, 3.05) is 19.3 Å². The smallest absolute Gasteiger partial charge is 0.410 e. The van der Waals surface area contributed by atoms with Crippen molar-refractivity contribution in [1.82, 2.24) is 10.2 Å². The molecule has 1 rings (SSSR count). The number of amides is 2. The van der Waals surface area contributed by atoms with Gasteiger partial charge in [0.15, 0.2) is 0 Å². The lowest BCUT2D eigenvalue weighted by atomic mass is 10.2. The summed E-state index contributed by atoms with van der Waals surface area (Å²) >= 11 is 0. The lowest BCUT2D eigenvalue weighted by Gasteiger charge is -2.24. The van der Waals surface area contributed by atoms with Crippen molar-refractivity contribution in [3.63, 3.8) is 0 Å². The van der Waals surface area contributed by atoms with Crippen molar-refractivity contribution in [2.45, 2.75) is 64.9 Å². The zero-order valence-electron chi connectivity index (χ0n) is 15.8. The maximum absolute atomic E-state index is 12.2. The molecule has 0 unspecified atom stereocenters. The van der Waals surface area contributed by atoms with E-state index in [-0.39, 0.29) is 13.1 Å². The van der Waals surface area contributed by atoms with Gasteiger partial charge in [0, 0.05) is 6.54 Å². The van der Waals surface area contributed by atoms with E-state index >= 15 is 0 Å². The highest BCUT2D eigenvalue weighted by Gasteiger charge is 2.41. The molecular weight excluding hydrogens is 352 g/mol. The number of alkyl carbamates (subject to hydrolysis) is 1. The fraction of sp³-hybridized carbons (Fsp3) is 0.867. The zero-order valence-corrected chi connectivity index (χ0v) is 16.6. The van der Waals surface area contributed by atoms with Gasteiger partial charge >= 0.3 is 12.2 Å². The topological polar surface area (TPSA) is 111 Å². The van der Waals surface area contributed by atoms with Crippen LogP contribution >= 0.6 is 0 Å². The Labute approximate surface area is 149 Å². The van der Waals surface area contributed by atoms with E-state index in [4.69, 9.17) is 13.7 Å². The van der Waals surface area contributed by atoms with Crippen LogP contribution in [0.3, 0.4) is 0 Å². The van der Waals surface area contributed by atoms with E-state index in [0.717, 1.165) is 6.26 Å². The zero-order chi connectivity index (χ0) is 19.6. The first-order chi connectivity index (χ1) is 11.1. The average molecular weight is 380 g/mol. The molecular formula is C15H28N2O7S. The van der Waals surface area contributed by atoms with E-state index in [1.165, 1.54) is 4.90 Å². The molecule has 10 heteroatoms. The minimum absolute atomic E-state index is 0.0253. The molecule has 0 aromatic rings. The molecule has 0 aliphatic carbocycles. The number of carbonyl (C=O) groups excluding carboxylic acids is 2. The van der Waals surface area contributed by atoms with Crippen LogP contribution in [0.15, 0.2) is 0 Å². The Kier molecular flexibility index (Phi) is 6.33. The summed E-state index contributed by atoms with van der Waals surface area (Å²) in [6, 6.07) is -0.739. The van der Waals surface area contributed by atoms with Gasteiger partial charge in [0.05, 0.1) is 18.8 Å². The summed E-state index contributed by atoms with van der Waals surface area (Å²) in [5.74, 6) is 0. The lowest BCUT2D eigenvalue weighted by molar-refractivity contribution is 0.0273. The quantitative estimate of drug-likeness (QED) is 0.738. The molecule has 1 heterocycles. The third-order valence-electron chi connectivity index (χ3n) is 2.92. The van der Waals surface area contributed by atoms with E-state index in [2.05, 4.69) is 5.32 Å². The molecule has 1 N–H and O–H groups in total. The highest BCUT2D eigenvalue weighted by atomic mass is 32.2. The lowest BCUT2D eigenvalue weighted by Crippen LogP contribution is -2.46. The van der Waals surface area contributed by atoms with Crippen molar-refractivity contribution < 1.29 is 31.7 Å². The largest absolute Gasteiger partial charge is 0.444 e. The molecule has 2 amide bonds. The van der Waals surface area contributed by atoms with Crippen molar-refractivity contribution in [2.24, 2.45) is 0 Å². The van der Waals surface area contributed by atoms with Gasteiger partial charge in [0.25, 0.3) is 10.1 Å². The van der Waals surface area contributed by atoms with Crippen LogP contribution < -0.4 is 5.32 Å². The van der Waals surface area contributed by atoms with Gasteiger partial charge in [-0.05, 0) is 41.5 Å². The molecule has 0 saturated carbocycles. The average Bonchev–Trinajstić information content (AvgIpc) is 2.65. The highest BCUT2D eigenvalue weighted by Crippen LogP contribution is 2.20. The van der Waals surface area contributed by atoms with E-state index in [1.807, 2.05) is 0 Å². The molecule has 146 valence electrons. The third-order valence-corrected chi connectivity index (χ3v) is 3.52. The molecule has 0 bridgehead atoms. The first kappa shape index (κ1) is 21.5. The van der Waals surface area contributed by atoms with Gasteiger partial charge in [-0.3, -0.25) is 4.18 Å². The fourth-order valence-electron chi connectivity index (χ4n) is 2.17. The van der Waals surface area contributed by atoms with Gasteiger partial charge in [-0.15, -0.1) is 0 Å². The number of nitrogens with one attached hydrogen (secondary N) is 1. The van der Waals surface area contributed by atoms with Gasteiger partial charge < -0.3 is 19.7 Å². The predicted octanol–water partition coefficient (Wildman–Crippen LogP) is 1.48. The van der Waals surface area contributed by atoms with Crippen LogP contribution in [0.1, 0.15) is 41.5 Å².